The second-order valence-corrected chi connectivity index (χ2v) is 6.95. The minimum absolute atomic E-state index is 0.0913. The number of benzene rings is 1. The third-order valence-corrected chi connectivity index (χ3v) is 3.76. The highest BCUT2D eigenvalue weighted by Crippen LogP contribution is 2.19. The van der Waals surface area contributed by atoms with Crippen molar-refractivity contribution in [2.45, 2.75) is 44.9 Å². The van der Waals surface area contributed by atoms with Crippen LogP contribution in [0.5, 0.6) is 0 Å². The molecule has 6 nitrogen and oxygen atoms in total. The summed E-state index contributed by atoms with van der Waals surface area (Å²) in [6, 6.07) is 9.25. The van der Waals surface area contributed by atoms with Crippen molar-refractivity contribution in [3.63, 3.8) is 0 Å². The lowest BCUT2D eigenvalue weighted by Gasteiger charge is -2.24. The molecule has 6 heteroatoms. The Morgan fingerprint density at radius 1 is 1.25 bits per heavy atom. The molecule has 1 N–H and O–H groups in total. The molecule has 1 aromatic carbocycles. The van der Waals surface area contributed by atoms with E-state index in [1.54, 1.807) is 4.90 Å². The van der Waals surface area contributed by atoms with Gasteiger partial charge in [0.05, 0.1) is 0 Å². The summed E-state index contributed by atoms with van der Waals surface area (Å²) in [4.78, 5) is 26.2. The molecule has 1 aliphatic rings. The summed E-state index contributed by atoms with van der Waals surface area (Å²) in [5.74, 6) is -0.195. The van der Waals surface area contributed by atoms with E-state index in [9.17, 15) is 9.59 Å². The fourth-order valence-electron chi connectivity index (χ4n) is 2.67. The Morgan fingerprint density at radius 3 is 2.50 bits per heavy atom. The highest BCUT2D eigenvalue weighted by atomic mass is 16.6. The number of carbonyl (C=O) groups excluding carboxylic acids is 2. The average Bonchev–Trinajstić information content (AvgIpc) is 2.96. The van der Waals surface area contributed by atoms with Gasteiger partial charge in [-0.3, -0.25) is 4.79 Å². The van der Waals surface area contributed by atoms with Crippen LogP contribution in [0.2, 0.25) is 0 Å². The first-order valence-electron chi connectivity index (χ1n) is 8.16. The maximum Gasteiger partial charge on any atom is 0.410 e. The zero-order valence-corrected chi connectivity index (χ0v) is 14.7. The molecule has 0 radical (unpaired) electrons. The predicted octanol–water partition coefficient (Wildman–Crippen LogP) is 2.50. The third-order valence-electron chi connectivity index (χ3n) is 3.76. The number of amides is 2. The van der Waals surface area contributed by atoms with Gasteiger partial charge in [-0.15, -0.1) is 0 Å². The van der Waals surface area contributed by atoms with Gasteiger partial charge in [-0.2, -0.15) is 0 Å². The van der Waals surface area contributed by atoms with Crippen molar-refractivity contribution in [1.29, 1.82) is 0 Å². The van der Waals surface area contributed by atoms with E-state index in [1.165, 1.54) is 7.11 Å². The van der Waals surface area contributed by atoms with Crippen LogP contribution in [-0.4, -0.2) is 48.7 Å². The second-order valence-electron chi connectivity index (χ2n) is 6.95. The summed E-state index contributed by atoms with van der Waals surface area (Å²) in [7, 11) is 1.51. The standard InChI is InChI=1S/C18H26N2O4/c1-18(2,3)24-17(22)20-11-10-14(12-20)19-16(21)15(23-4)13-8-6-5-7-9-13/h5-9,14-15H,10-12H2,1-4H3,(H,19,21)/t14-,15+/m0/s1. The molecule has 2 rings (SSSR count). The Bertz CT molecular complexity index is 568. The lowest BCUT2D eigenvalue weighted by molar-refractivity contribution is -0.132. The van der Waals surface area contributed by atoms with Crippen molar-refractivity contribution >= 4 is 12.0 Å². The van der Waals surface area contributed by atoms with Gasteiger partial charge in [-0.05, 0) is 32.8 Å². The average molecular weight is 334 g/mol. The predicted molar refractivity (Wildman–Crippen MR) is 90.5 cm³/mol. The SMILES string of the molecule is CO[C@@H](C(=O)N[C@H]1CCN(C(=O)OC(C)(C)C)C1)c1ccccc1. The van der Waals surface area contributed by atoms with Crippen LogP contribution in [0.1, 0.15) is 38.9 Å². The number of hydrogen-bond acceptors (Lipinski definition) is 4. The third kappa shape index (κ3) is 4.96. The van der Waals surface area contributed by atoms with Gasteiger partial charge < -0.3 is 19.7 Å². The molecule has 1 saturated heterocycles. The second kappa shape index (κ2) is 7.66. The van der Waals surface area contributed by atoms with Gasteiger partial charge in [0.25, 0.3) is 5.91 Å². The minimum atomic E-state index is -0.651. The van der Waals surface area contributed by atoms with E-state index < -0.39 is 11.7 Å². The molecule has 1 aliphatic heterocycles. The van der Waals surface area contributed by atoms with E-state index in [2.05, 4.69) is 5.32 Å². The van der Waals surface area contributed by atoms with Gasteiger partial charge in [0, 0.05) is 26.2 Å². The van der Waals surface area contributed by atoms with Crippen molar-refractivity contribution < 1.29 is 19.1 Å². The molecular formula is C18H26N2O4. The molecule has 1 fully saturated rings. The zero-order valence-electron chi connectivity index (χ0n) is 14.7. The Labute approximate surface area is 143 Å². The van der Waals surface area contributed by atoms with E-state index in [1.807, 2.05) is 51.1 Å². The highest BCUT2D eigenvalue weighted by molar-refractivity contribution is 5.82. The van der Waals surface area contributed by atoms with Crippen LogP contribution in [0.3, 0.4) is 0 Å². The Balaban J connectivity index is 1.90. The van der Waals surface area contributed by atoms with Crippen LogP contribution in [0.15, 0.2) is 30.3 Å². The zero-order chi connectivity index (χ0) is 17.7. The van der Waals surface area contributed by atoms with Gasteiger partial charge in [-0.1, -0.05) is 30.3 Å². The maximum atomic E-state index is 12.5. The van der Waals surface area contributed by atoms with E-state index in [0.29, 0.717) is 19.5 Å². The van der Waals surface area contributed by atoms with Crippen molar-refractivity contribution in [2.24, 2.45) is 0 Å². The molecule has 1 aromatic rings. The lowest BCUT2D eigenvalue weighted by Crippen LogP contribution is -2.42. The highest BCUT2D eigenvalue weighted by Gasteiger charge is 2.32. The Hall–Kier alpha value is -2.08. The fourth-order valence-corrected chi connectivity index (χ4v) is 2.67. The molecule has 0 aromatic heterocycles. The smallest absolute Gasteiger partial charge is 0.410 e. The number of rotatable bonds is 4. The maximum absolute atomic E-state index is 12.5. The number of carbonyl (C=O) groups is 2. The quantitative estimate of drug-likeness (QED) is 0.918. The van der Waals surface area contributed by atoms with E-state index in [0.717, 1.165) is 5.56 Å². The van der Waals surface area contributed by atoms with Gasteiger partial charge in [0.1, 0.15) is 5.60 Å². The van der Waals surface area contributed by atoms with Crippen molar-refractivity contribution in [3.05, 3.63) is 35.9 Å². The summed E-state index contributed by atoms with van der Waals surface area (Å²) in [6.07, 6.45) is -0.289. The molecule has 1 heterocycles. The summed E-state index contributed by atoms with van der Waals surface area (Å²) in [5.41, 5.74) is 0.284. The molecule has 0 bridgehead atoms. The van der Waals surface area contributed by atoms with Crippen molar-refractivity contribution in [1.82, 2.24) is 10.2 Å². The first-order valence-corrected chi connectivity index (χ1v) is 8.16. The van der Waals surface area contributed by atoms with Crippen LogP contribution < -0.4 is 5.32 Å². The number of hydrogen-bond donors (Lipinski definition) is 1. The molecule has 0 saturated carbocycles. The van der Waals surface area contributed by atoms with Gasteiger partial charge in [-0.25, -0.2) is 4.79 Å². The Kier molecular flexibility index (Phi) is 5.83. The van der Waals surface area contributed by atoms with E-state index in [-0.39, 0.29) is 18.0 Å². The van der Waals surface area contributed by atoms with E-state index in [4.69, 9.17) is 9.47 Å². The van der Waals surface area contributed by atoms with Gasteiger partial charge in [0.2, 0.25) is 0 Å². The molecule has 0 spiro atoms. The monoisotopic (exact) mass is 334 g/mol. The van der Waals surface area contributed by atoms with Crippen LogP contribution in [0, 0.1) is 0 Å². The molecule has 0 aliphatic carbocycles. The summed E-state index contributed by atoms with van der Waals surface area (Å²) >= 11 is 0. The van der Waals surface area contributed by atoms with Crippen LogP contribution in [-0.2, 0) is 14.3 Å². The molecule has 24 heavy (non-hydrogen) atoms. The number of ether oxygens (including phenoxy) is 2. The van der Waals surface area contributed by atoms with Crippen LogP contribution in [0.4, 0.5) is 4.79 Å². The number of likely N-dealkylation sites (tertiary alicyclic amines) is 1. The van der Waals surface area contributed by atoms with Gasteiger partial charge >= 0.3 is 6.09 Å². The summed E-state index contributed by atoms with van der Waals surface area (Å²) < 4.78 is 10.7. The van der Waals surface area contributed by atoms with E-state index >= 15 is 0 Å². The topological polar surface area (TPSA) is 67.9 Å². The first kappa shape index (κ1) is 18.3. The first-order chi connectivity index (χ1) is 11.3. The molecule has 2 atom stereocenters. The van der Waals surface area contributed by atoms with Crippen LogP contribution in [0.25, 0.3) is 0 Å². The Morgan fingerprint density at radius 2 is 1.92 bits per heavy atom. The molecular weight excluding hydrogens is 308 g/mol. The molecule has 2 amide bonds. The van der Waals surface area contributed by atoms with Gasteiger partial charge in [0.15, 0.2) is 6.10 Å². The number of nitrogens with one attached hydrogen (secondary N) is 1. The molecule has 132 valence electrons. The largest absolute Gasteiger partial charge is 0.444 e. The summed E-state index contributed by atoms with van der Waals surface area (Å²) in [5, 5.41) is 2.96. The van der Waals surface area contributed by atoms with Crippen molar-refractivity contribution in [2.75, 3.05) is 20.2 Å². The fraction of sp³-hybridized carbons (Fsp3) is 0.556. The summed E-state index contributed by atoms with van der Waals surface area (Å²) in [6.45, 7) is 6.53. The minimum Gasteiger partial charge on any atom is -0.444 e. The molecule has 0 unspecified atom stereocenters. The normalized spacial score (nSPS) is 19.0. The number of nitrogens with zero attached hydrogens (tertiary/aromatic N) is 1. The van der Waals surface area contributed by atoms with Crippen molar-refractivity contribution in [3.8, 4) is 0 Å². The lowest BCUT2D eigenvalue weighted by atomic mass is 10.1. The van der Waals surface area contributed by atoms with Crippen LogP contribution >= 0.6 is 0 Å². The number of methoxy groups -OCH3 is 1.